The first-order valence-corrected chi connectivity index (χ1v) is 15.0. The fraction of sp³-hybridized carbons (Fsp3) is 0.469. The summed E-state index contributed by atoms with van der Waals surface area (Å²) in [6, 6.07) is 4.92. The topological polar surface area (TPSA) is 132 Å². The molecule has 3 aromatic rings. The van der Waals surface area contributed by atoms with E-state index in [1.54, 1.807) is 0 Å². The number of aromatic carboxylic acids is 1. The van der Waals surface area contributed by atoms with Crippen LogP contribution in [0.5, 0.6) is 5.75 Å². The van der Waals surface area contributed by atoms with Gasteiger partial charge in [0.15, 0.2) is 0 Å². The summed E-state index contributed by atoms with van der Waals surface area (Å²) in [6.45, 7) is 2.76. The Morgan fingerprint density at radius 2 is 1.90 bits per heavy atom. The van der Waals surface area contributed by atoms with Gasteiger partial charge in [0.05, 0.1) is 48.9 Å². The summed E-state index contributed by atoms with van der Waals surface area (Å²) in [6.07, 6.45) is -1.68. The molecule has 260 valence electrons. The molecule has 0 aliphatic carbocycles. The maximum atomic E-state index is 13.9. The van der Waals surface area contributed by atoms with Crippen molar-refractivity contribution in [2.45, 2.75) is 50.9 Å². The van der Waals surface area contributed by atoms with Gasteiger partial charge in [-0.3, -0.25) is 9.69 Å². The third kappa shape index (κ3) is 9.54. The minimum absolute atomic E-state index is 0.0224. The number of nitrogens with two attached hydrogens (primary N) is 1. The second-order valence-corrected chi connectivity index (χ2v) is 11.7. The fourth-order valence-electron chi connectivity index (χ4n) is 5.78. The van der Waals surface area contributed by atoms with Crippen LogP contribution in [0.4, 0.5) is 32.0 Å². The number of likely N-dealkylation sites (tertiary alicyclic amines) is 1. The van der Waals surface area contributed by atoms with E-state index in [2.05, 4.69) is 22.1 Å². The molecule has 2 aromatic carbocycles. The molecule has 2 fully saturated rings. The number of fused-ring (bicyclic) bond motifs is 1. The zero-order chi connectivity index (χ0) is 35.2. The molecule has 10 nitrogen and oxygen atoms in total. The van der Waals surface area contributed by atoms with E-state index in [1.165, 1.54) is 19.2 Å². The van der Waals surface area contributed by atoms with Gasteiger partial charge in [-0.1, -0.05) is 18.8 Å². The van der Waals surface area contributed by atoms with Crippen molar-refractivity contribution in [1.29, 1.82) is 0 Å². The van der Waals surface area contributed by atoms with Crippen LogP contribution in [0.2, 0.25) is 0 Å². The lowest BCUT2D eigenvalue weighted by atomic mass is 9.94. The van der Waals surface area contributed by atoms with Crippen molar-refractivity contribution in [3.8, 4) is 17.6 Å². The number of carbonyl (C=O) groups is 2. The fourth-order valence-corrected chi connectivity index (χ4v) is 5.78. The highest BCUT2D eigenvalue weighted by atomic mass is 19.4. The predicted octanol–water partition coefficient (Wildman–Crippen LogP) is 5.15. The van der Waals surface area contributed by atoms with Crippen LogP contribution in [-0.2, 0) is 11.3 Å². The number of anilines is 1. The van der Waals surface area contributed by atoms with Gasteiger partial charge < -0.3 is 30.2 Å². The van der Waals surface area contributed by atoms with Crippen LogP contribution in [-0.4, -0.2) is 89.5 Å². The number of hydrogen-bond acceptors (Lipinski definition) is 7. The Morgan fingerprint density at radius 1 is 1.19 bits per heavy atom. The van der Waals surface area contributed by atoms with Gasteiger partial charge in [0.25, 0.3) is 11.8 Å². The summed E-state index contributed by atoms with van der Waals surface area (Å²) in [5.74, 6) is -0.238. The summed E-state index contributed by atoms with van der Waals surface area (Å²) in [5, 5.41) is 11.7. The minimum Gasteiger partial charge on any atom is -0.495 e. The molecule has 1 amide bonds. The van der Waals surface area contributed by atoms with Gasteiger partial charge >= 0.3 is 12.1 Å². The number of aromatic nitrogens is 2. The monoisotopic (exact) mass is 683 g/mol. The smallest absolute Gasteiger partial charge is 0.406 e. The molecule has 48 heavy (non-hydrogen) atoms. The number of hydrogen-bond donors (Lipinski definition) is 3. The van der Waals surface area contributed by atoms with E-state index < -0.39 is 41.9 Å². The molecule has 0 bridgehead atoms. The Bertz CT molecular complexity index is 1690. The number of imidazole rings is 1. The molecule has 1 atom stereocenters. The molecule has 0 radical (unpaired) electrons. The van der Waals surface area contributed by atoms with Crippen LogP contribution in [0.15, 0.2) is 30.6 Å². The number of benzene rings is 2. The molecular weight excluding hydrogens is 648 g/mol. The van der Waals surface area contributed by atoms with Crippen molar-refractivity contribution in [3.63, 3.8) is 0 Å². The first kappa shape index (κ1) is 36.3. The molecule has 0 saturated carbocycles. The SMILES string of the molecule is CC1CN(C2CCOCC2)CC(F)(F)C1.COc1cc(C(=O)O)c(F)cc1NCC#Cc1cc(C(N)=O)c2ncn(CC(F)(F)F)c2c1. The lowest BCUT2D eigenvalue weighted by Crippen LogP contribution is -2.52. The molecular formula is C32H35F6N5O5. The van der Waals surface area contributed by atoms with Crippen molar-refractivity contribution in [2.75, 3.05) is 45.3 Å². The number of halogens is 6. The number of carbonyl (C=O) groups excluding carboxylic acids is 1. The highest BCUT2D eigenvalue weighted by Crippen LogP contribution is 2.33. The number of alkyl halides is 5. The van der Waals surface area contributed by atoms with E-state index >= 15 is 0 Å². The third-order valence-electron chi connectivity index (χ3n) is 7.79. The van der Waals surface area contributed by atoms with Crippen LogP contribution in [0.3, 0.4) is 0 Å². The van der Waals surface area contributed by atoms with Gasteiger partial charge in [-0.2, -0.15) is 13.2 Å². The molecule has 0 spiro atoms. The molecule has 1 unspecified atom stereocenters. The molecule has 16 heteroatoms. The van der Waals surface area contributed by atoms with E-state index in [4.69, 9.17) is 20.3 Å². The van der Waals surface area contributed by atoms with E-state index in [9.17, 15) is 35.9 Å². The molecule has 1 aromatic heterocycles. The predicted molar refractivity (Wildman–Crippen MR) is 164 cm³/mol. The largest absolute Gasteiger partial charge is 0.495 e. The van der Waals surface area contributed by atoms with E-state index in [-0.39, 0.29) is 59.0 Å². The Labute approximate surface area is 272 Å². The average Bonchev–Trinajstić information content (AvgIpc) is 3.39. The summed E-state index contributed by atoms with van der Waals surface area (Å²) >= 11 is 0. The number of primary amides is 1. The Kier molecular flexibility index (Phi) is 11.5. The maximum absolute atomic E-state index is 13.9. The van der Waals surface area contributed by atoms with Gasteiger partial charge in [-0.25, -0.2) is 22.9 Å². The lowest BCUT2D eigenvalue weighted by molar-refractivity contribution is -0.140. The second kappa shape index (κ2) is 15.2. The van der Waals surface area contributed by atoms with Gasteiger partial charge in [0, 0.05) is 43.9 Å². The first-order valence-electron chi connectivity index (χ1n) is 15.0. The van der Waals surface area contributed by atoms with Crippen molar-refractivity contribution in [3.05, 3.63) is 53.1 Å². The molecule has 2 saturated heterocycles. The third-order valence-corrected chi connectivity index (χ3v) is 7.79. The van der Waals surface area contributed by atoms with E-state index in [0.717, 1.165) is 55.6 Å². The normalized spacial score (nSPS) is 18.3. The highest BCUT2D eigenvalue weighted by Gasteiger charge is 2.41. The van der Waals surface area contributed by atoms with Crippen LogP contribution in [0.1, 0.15) is 52.5 Å². The molecule has 3 heterocycles. The minimum atomic E-state index is -4.50. The summed E-state index contributed by atoms with van der Waals surface area (Å²) < 4.78 is 90.3. The van der Waals surface area contributed by atoms with Crippen LogP contribution >= 0.6 is 0 Å². The Balaban J connectivity index is 0.000000287. The Hall–Kier alpha value is -4.49. The number of piperidine rings is 1. The van der Waals surface area contributed by atoms with Gasteiger partial charge in [-0.15, -0.1) is 0 Å². The van der Waals surface area contributed by atoms with E-state index in [0.29, 0.717) is 6.04 Å². The lowest BCUT2D eigenvalue weighted by Gasteiger charge is -2.42. The highest BCUT2D eigenvalue weighted by molar-refractivity contribution is 6.04. The number of rotatable bonds is 7. The van der Waals surface area contributed by atoms with Gasteiger partial charge in [0.2, 0.25) is 0 Å². The summed E-state index contributed by atoms with van der Waals surface area (Å²) in [4.78, 5) is 28.6. The van der Waals surface area contributed by atoms with Crippen LogP contribution in [0, 0.1) is 23.6 Å². The summed E-state index contributed by atoms with van der Waals surface area (Å²) in [7, 11) is 1.28. The van der Waals surface area contributed by atoms with Crippen LogP contribution < -0.4 is 15.8 Å². The molecule has 4 N–H and O–H groups in total. The first-order chi connectivity index (χ1) is 22.6. The van der Waals surface area contributed by atoms with Gasteiger partial charge in [0.1, 0.15) is 23.6 Å². The number of carboxylic acid groups (broad SMARTS) is 1. The maximum Gasteiger partial charge on any atom is 0.406 e. The van der Waals surface area contributed by atoms with Crippen molar-refractivity contribution in [1.82, 2.24) is 14.5 Å². The van der Waals surface area contributed by atoms with Crippen molar-refractivity contribution >= 4 is 28.6 Å². The number of amides is 1. The van der Waals surface area contributed by atoms with Gasteiger partial charge in [-0.05, 0) is 37.0 Å². The standard InChI is InChI=1S/C21H16F4N4O4.C11H19F2NO/c1-33-17-7-12(20(31)32)14(22)8-15(17)27-4-2-3-11-5-13(19(26)30)18-16(6-11)29(10-28-18)9-21(23,24)25;1-9-6-11(12,13)8-14(7-9)10-2-4-15-5-3-10/h5-8,10,27H,4,9H2,1H3,(H2,26,30)(H,31,32);9-10H,2-8H2,1H3. The number of nitrogens with one attached hydrogen (secondary N) is 1. The Morgan fingerprint density at radius 3 is 2.50 bits per heavy atom. The summed E-state index contributed by atoms with van der Waals surface area (Å²) in [5.41, 5.74) is 5.10. The van der Waals surface area contributed by atoms with Crippen molar-refractivity contribution in [2.24, 2.45) is 11.7 Å². The molecule has 2 aliphatic heterocycles. The second-order valence-electron chi connectivity index (χ2n) is 11.7. The average molecular weight is 684 g/mol. The zero-order valence-corrected chi connectivity index (χ0v) is 26.2. The zero-order valence-electron chi connectivity index (χ0n) is 26.2. The quantitative estimate of drug-likeness (QED) is 0.230. The van der Waals surface area contributed by atoms with Crippen LogP contribution in [0.25, 0.3) is 11.0 Å². The van der Waals surface area contributed by atoms with Crippen molar-refractivity contribution < 1.29 is 50.5 Å². The number of nitrogens with zero attached hydrogens (tertiary/aromatic N) is 3. The number of methoxy groups -OCH3 is 1. The molecule has 5 rings (SSSR count). The molecule has 2 aliphatic rings. The number of carboxylic acids is 1. The van der Waals surface area contributed by atoms with E-state index in [1.807, 2.05) is 11.8 Å². The number of ether oxygens (including phenoxy) is 2.